The average molecular weight is 550 g/mol. The number of rotatable bonds is 9. The second-order valence-electron chi connectivity index (χ2n) is 11.8. The Balaban J connectivity index is 1.66. The predicted molar refractivity (Wildman–Crippen MR) is 152 cm³/mol. The molecule has 8 heteroatoms. The van der Waals surface area contributed by atoms with E-state index in [4.69, 9.17) is 4.74 Å². The maximum atomic E-state index is 14.7. The minimum atomic E-state index is -1.31. The van der Waals surface area contributed by atoms with Crippen LogP contribution in [0.4, 0.5) is 0 Å². The van der Waals surface area contributed by atoms with Crippen molar-refractivity contribution in [3.05, 3.63) is 60.2 Å². The molecule has 0 radical (unpaired) electrons. The average Bonchev–Trinajstić information content (AvgIpc) is 3.26. The third-order valence-electron chi connectivity index (χ3n) is 9.60. The summed E-state index contributed by atoms with van der Waals surface area (Å²) in [7, 11) is 0. The molecule has 1 N–H and O–H groups in total. The van der Waals surface area contributed by atoms with E-state index in [0.717, 1.165) is 18.4 Å². The quantitative estimate of drug-likeness (QED) is 0.478. The van der Waals surface area contributed by atoms with Gasteiger partial charge in [0.25, 0.3) is 0 Å². The minimum absolute atomic E-state index is 0.0512. The summed E-state index contributed by atoms with van der Waals surface area (Å²) in [6.45, 7) is 9.58. The van der Waals surface area contributed by atoms with Gasteiger partial charge < -0.3 is 24.5 Å². The number of aliphatic hydroxyl groups is 1. The Morgan fingerprint density at radius 2 is 1.65 bits per heavy atom. The third-order valence-corrected chi connectivity index (χ3v) is 9.60. The second-order valence-corrected chi connectivity index (χ2v) is 11.8. The Morgan fingerprint density at radius 3 is 2.30 bits per heavy atom. The van der Waals surface area contributed by atoms with Gasteiger partial charge in [-0.05, 0) is 24.3 Å². The molecular weight excluding hydrogens is 506 g/mol. The van der Waals surface area contributed by atoms with Gasteiger partial charge in [0.1, 0.15) is 11.6 Å². The van der Waals surface area contributed by atoms with Gasteiger partial charge in [-0.2, -0.15) is 0 Å². The third kappa shape index (κ3) is 4.31. The molecule has 7 atom stereocenters. The van der Waals surface area contributed by atoms with Crippen molar-refractivity contribution in [1.29, 1.82) is 0 Å². The smallest absolute Gasteiger partial charge is 0.249 e. The molecule has 4 aliphatic rings. The first-order valence-electron chi connectivity index (χ1n) is 14.9. The first kappa shape index (κ1) is 28.6. The highest BCUT2D eigenvalue weighted by molar-refractivity contribution is 6.00. The summed E-state index contributed by atoms with van der Waals surface area (Å²) in [4.78, 5) is 48.6. The molecule has 0 aromatic heterocycles. The van der Waals surface area contributed by atoms with E-state index in [0.29, 0.717) is 32.6 Å². The largest absolute Gasteiger partial charge is 0.394 e. The zero-order valence-corrected chi connectivity index (χ0v) is 24.2. The fourth-order valence-corrected chi connectivity index (χ4v) is 7.39. The fraction of sp³-hybridized carbons (Fsp3) is 0.594. The number of benzene rings is 1. The highest BCUT2D eigenvalue weighted by Crippen LogP contribution is 2.59. The summed E-state index contributed by atoms with van der Waals surface area (Å²) in [6, 6.07) is 8.25. The summed E-state index contributed by atoms with van der Waals surface area (Å²) >= 11 is 0. The van der Waals surface area contributed by atoms with Crippen molar-refractivity contribution in [2.75, 3.05) is 26.2 Å². The highest BCUT2D eigenvalue weighted by atomic mass is 16.5. The Bertz CT molecular complexity index is 1180. The van der Waals surface area contributed by atoms with Gasteiger partial charge in [-0.25, -0.2) is 0 Å². The lowest BCUT2D eigenvalue weighted by molar-refractivity contribution is -0.158. The fourth-order valence-electron chi connectivity index (χ4n) is 7.39. The van der Waals surface area contributed by atoms with Crippen molar-refractivity contribution in [2.45, 2.75) is 76.8 Å². The Kier molecular flexibility index (Phi) is 7.94. The zero-order chi connectivity index (χ0) is 28.7. The number of hydrogen-bond donors (Lipinski definition) is 1. The summed E-state index contributed by atoms with van der Waals surface area (Å²) in [5.41, 5.74) is -1.31. The van der Waals surface area contributed by atoms with Crippen LogP contribution in [0.3, 0.4) is 0 Å². The molecule has 2 saturated heterocycles. The van der Waals surface area contributed by atoms with Crippen LogP contribution in [-0.4, -0.2) is 87.1 Å². The monoisotopic (exact) mass is 549 g/mol. The predicted octanol–water partition coefficient (Wildman–Crippen LogP) is 3.16. The number of ether oxygens (including phenoxy) is 1. The molecule has 3 amide bonds. The number of fused-ring (bicyclic) bond motifs is 2. The number of nitrogens with zero attached hydrogens (tertiary/aromatic N) is 3. The van der Waals surface area contributed by atoms with E-state index in [1.165, 1.54) is 0 Å². The SMILES string of the molecule is CCCN1CC=C[C@@]2(CC)O[C@]34C=CCN(Cc5ccccc5)C(=O)C3N([C@@H](CO)[C@@H](C)CC)C(=O)[C@@H]4[C@H]2C1=O. The van der Waals surface area contributed by atoms with Crippen LogP contribution in [0.2, 0.25) is 0 Å². The number of aliphatic hydroxyl groups excluding tert-OH is 1. The van der Waals surface area contributed by atoms with Gasteiger partial charge >= 0.3 is 0 Å². The summed E-state index contributed by atoms with van der Waals surface area (Å²) in [5.74, 6) is -2.25. The molecule has 216 valence electrons. The van der Waals surface area contributed by atoms with E-state index in [1.807, 2.05) is 87.2 Å². The van der Waals surface area contributed by atoms with Crippen LogP contribution in [0, 0.1) is 17.8 Å². The normalized spacial score (nSPS) is 33.0. The molecule has 0 bridgehead atoms. The first-order chi connectivity index (χ1) is 19.3. The van der Waals surface area contributed by atoms with E-state index in [-0.39, 0.29) is 30.2 Å². The van der Waals surface area contributed by atoms with E-state index < -0.39 is 35.1 Å². The summed E-state index contributed by atoms with van der Waals surface area (Å²) in [6.07, 6.45) is 9.80. The molecule has 1 aromatic rings. The summed E-state index contributed by atoms with van der Waals surface area (Å²) in [5, 5.41) is 10.6. The van der Waals surface area contributed by atoms with Crippen LogP contribution in [0.5, 0.6) is 0 Å². The Morgan fingerprint density at radius 1 is 0.950 bits per heavy atom. The minimum Gasteiger partial charge on any atom is -0.394 e. The van der Waals surface area contributed by atoms with Crippen molar-refractivity contribution in [3.8, 4) is 0 Å². The Labute approximate surface area is 237 Å². The van der Waals surface area contributed by atoms with Crippen LogP contribution in [0.15, 0.2) is 54.6 Å². The lowest BCUT2D eigenvalue weighted by atomic mass is 9.73. The van der Waals surface area contributed by atoms with Gasteiger partial charge in [0.05, 0.1) is 30.1 Å². The van der Waals surface area contributed by atoms with Crippen LogP contribution in [0.1, 0.15) is 52.5 Å². The molecule has 2 fully saturated rings. The molecule has 1 spiro atoms. The first-order valence-corrected chi connectivity index (χ1v) is 14.9. The second kappa shape index (κ2) is 11.1. The van der Waals surface area contributed by atoms with Gasteiger partial charge in [-0.1, -0.05) is 88.8 Å². The molecule has 4 aliphatic heterocycles. The van der Waals surface area contributed by atoms with Crippen molar-refractivity contribution >= 4 is 17.7 Å². The number of carbonyl (C=O) groups excluding carboxylic acids is 3. The maximum Gasteiger partial charge on any atom is 0.249 e. The number of amides is 3. The summed E-state index contributed by atoms with van der Waals surface area (Å²) < 4.78 is 7.04. The van der Waals surface area contributed by atoms with Crippen LogP contribution in [-0.2, 0) is 25.7 Å². The van der Waals surface area contributed by atoms with Gasteiger partial charge in [0.15, 0.2) is 0 Å². The van der Waals surface area contributed by atoms with Crippen LogP contribution in [0.25, 0.3) is 0 Å². The number of hydrogen-bond acceptors (Lipinski definition) is 5. The van der Waals surface area contributed by atoms with Gasteiger partial charge in [0, 0.05) is 26.2 Å². The number of carbonyl (C=O) groups is 3. The van der Waals surface area contributed by atoms with E-state index >= 15 is 0 Å². The van der Waals surface area contributed by atoms with Crippen molar-refractivity contribution in [2.24, 2.45) is 17.8 Å². The van der Waals surface area contributed by atoms with Gasteiger partial charge in [0.2, 0.25) is 17.7 Å². The van der Waals surface area contributed by atoms with Gasteiger partial charge in [-0.15, -0.1) is 0 Å². The van der Waals surface area contributed by atoms with E-state index in [9.17, 15) is 19.5 Å². The zero-order valence-electron chi connectivity index (χ0n) is 24.2. The molecule has 8 nitrogen and oxygen atoms in total. The van der Waals surface area contributed by atoms with Crippen molar-refractivity contribution in [1.82, 2.24) is 14.7 Å². The molecule has 0 saturated carbocycles. The molecule has 40 heavy (non-hydrogen) atoms. The van der Waals surface area contributed by atoms with E-state index in [2.05, 4.69) is 0 Å². The maximum absolute atomic E-state index is 14.7. The molecular formula is C32H43N3O5. The van der Waals surface area contributed by atoms with Crippen LogP contribution < -0.4 is 0 Å². The molecule has 0 aliphatic carbocycles. The van der Waals surface area contributed by atoms with Gasteiger partial charge in [-0.3, -0.25) is 14.4 Å². The molecule has 1 aromatic carbocycles. The van der Waals surface area contributed by atoms with E-state index in [1.54, 1.807) is 9.80 Å². The lowest BCUT2D eigenvalue weighted by Gasteiger charge is -2.42. The van der Waals surface area contributed by atoms with Crippen molar-refractivity contribution in [3.63, 3.8) is 0 Å². The number of likely N-dealkylation sites (tertiary alicyclic amines) is 1. The topological polar surface area (TPSA) is 90.4 Å². The lowest BCUT2D eigenvalue weighted by Crippen LogP contribution is -2.59. The van der Waals surface area contributed by atoms with Crippen LogP contribution >= 0.6 is 0 Å². The molecule has 4 heterocycles. The van der Waals surface area contributed by atoms with Crippen molar-refractivity contribution < 1.29 is 24.2 Å². The molecule has 1 unspecified atom stereocenters. The standard InChI is InChI=1S/C32H43N3O5/c1-5-17-33-18-11-15-31(7-3)25(28(33)37)26-29(38)35(24(21-36)22(4)6-2)27-30(39)34(19-12-16-32(26,27)40-31)20-23-13-9-8-10-14-23/h8-16,22,24-27,36H,5-7,17-21H2,1-4H3/t22-,24-,25-,26-,27?,31+,32-/m0/s1. The highest BCUT2D eigenvalue weighted by Gasteiger charge is 2.76. The Hall–Kier alpha value is -2.97. The molecule has 5 rings (SSSR count).